The number of nitrogens with two attached hydrogens (primary N) is 1. The van der Waals surface area contributed by atoms with Gasteiger partial charge in [-0.25, -0.2) is 14.2 Å². The summed E-state index contributed by atoms with van der Waals surface area (Å²) in [5.74, 6) is -3.43. The molecule has 3 atom stereocenters. The molecule has 4 aromatic rings. The van der Waals surface area contributed by atoms with Crippen molar-refractivity contribution in [2.75, 3.05) is 46.6 Å². The first-order valence-electron chi connectivity index (χ1n) is 20.2. The fourth-order valence-corrected chi connectivity index (χ4v) is 8.45. The van der Waals surface area contributed by atoms with E-state index in [4.69, 9.17) is 20.2 Å². The third kappa shape index (κ3) is 8.48. The molecule has 0 unspecified atom stereocenters. The maximum absolute atomic E-state index is 15.4. The van der Waals surface area contributed by atoms with E-state index in [0.717, 1.165) is 27.6 Å². The second kappa shape index (κ2) is 17.9. The topological polar surface area (TPSA) is 236 Å². The predicted molar refractivity (Wildman–Crippen MR) is 219 cm³/mol. The van der Waals surface area contributed by atoms with Gasteiger partial charge in [0.05, 0.1) is 55.3 Å². The number of hydrogen-bond acceptors (Lipinski definition) is 12. The highest BCUT2D eigenvalue weighted by atomic mass is 19.1. The van der Waals surface area contributed by atoms with Gasteiger partial charge >= 0.3 is 5.97 Å². The average Bonchev–Trinajstić information content (AvgIpc) is 3.63. The molecule has 0 spiro atoms. The summed E-state index contributed by atoms with van der Waals surface area (Å²) < 4.78 is 27.9. The first kappa shape index (κ1) is 43.0. The summed E-state index contributed by atoms with van der Waals surface area (Å²) in [6, 6.07) is 10.9. The van der Waals surface area contributed by atoms with Crippen LogP contribution in [0.15, 0.2) is 47.3 Å². The van der Waals surface area contributed by atoms with E-state index >= 15 is 4.39 Å². The van der Waals surface area contributed by atoms with E-state index < -0.39 is 41.2 Å². The summed E-state index contributed by atoms with van der Waals surface area (Å²) in [5.41, 5.74) is 8.61. The van der Waals surface area contributed by atoms with Crippen molar-refractivity contribution in [3.63, 3.8) is 0 Å². The zero-order valence-corrected chi connectivity index (χ0v) is 34.2. The van der Waals surface area contributed by atoms with Crippen LogP contribution in [0.2, 0.25) is 0 Å². The fourth-order valence-electron chi connectivity index (χ4n) is 8.45. The number of aromatic nitrogens is 2. The highest BCUT2D eigenvalue weighted by Crippen LogP contribution is 2.47. The number of nitrogens with zero attached hydrogens (tertiary/aromatic N) is 3. The van der Waals surface area contributed by atoms with Crippen molar-refractivity contribution in [3.05, 3.63) is 97.6 Å². The number of hydrogen-bond donors (Lipinski definition) is 6. The lowest BCUT2D eigenvalue weighted by Crippen LogP contribution is -2.52. The van der Waals surface area contributed by atoms with E-state index in [1.165, 1.54) is 6.07 Å². The number of benzene rings is 2. The molecule has 2 aromatic carbocycles. The molecule has 2 aromatic heterocycles. The first-order valence-corrected chi connectivity index (χ1v) is 20.2. The number of carbonyl (C=O) groups is 5. The number of cyclic esters (lactones) is 1. The van der Waals surface area contributed by atoms with Gasteiger partial charge in [-0.1, -0.05) is 37.3 Å². The van der Waals surface area contributed by atoms with Crippen molar-refractivity contribution in [2.24, 2.45) is 5.73 Å². The molecule has 18 heteroatoms. The van der Waals surface area contributed by atoms with Gasteiger partial charge in [-0.3, -0.25) is 28.9 Å². The van der Waals surface area contributed by atoms with E-state index in [9.17, 15) is 33.9 Å². The van der Waals surface area contributed by atoms with Gasteiger partial charge in [0.1, 0.15) is 25.2 Å². The quantitative estimate of drug-likeness (QED) is 0.0452. The SMILES string of the molecule is CC[C@@]1(O)C(=O)OCc2c1cc1n(c2=O)Cc2c-1nc1cc(F)c(C)c3c1c2[C@@H](N(C)CCOCNC(=O)CNC(=O)[C@H](Cc1ccccc1)NC(=O)CNC(=O)CN)CC3. The molecular weight excluding hydrogens is 792 g/mol. The maximum atomic E-state index is 15.4. The van der Waals surface area contributed by atoms with Gasteiger partial charge in [0.2, 0.25) is 23.6 Å². The van der Waals surface area contributed by atoms with Crippen molar-refractivity contribution in [2.45, 2.75) is 70.4 Å². The number of carbonyl (C=O) groups excluding carboxylic acids is 5. The zero-order valence-electron chi connectivity index (χ0n) is 34.2. The maximum Gasteiger partial charge on any atom is 0.343 e. The van der Waals surface area contributed by atoms with Gasteiger partial charge in [0.15, 0.2) is 5.60 Å². The third-order valence-corrected chi connectivity index (χ3v) is 11.8. The van der Waals surface area contributed by atoms with Crippen molar-refractivity contribution in [1.82, 2.24) is 35.7 Å². The Hall–Kier alpha value is -6.08. The van der Waals surface area contributed by atoms with Gasteiger partial charge in [-0.2, -0.15) is 0 Å². The largest absolute Gasteiger partial charge is 0.458 e. The average molecular weight is 841 g/mol. The molecule has 322 valence electrons. The lowest BCUT2D eigenvalue weighted by molar-refractivity contribution is -0.172. The van der Waals surface area contributed by atoms with E-state index in [0.29, 0.717) is 41.9 Å². The highest BCUT2D eigenvalue weighted by Gasteiger charge is 2.46. The molecule has 0 saturated heterocycles. The van der Waals surface area contributed by atoms with Crippen LogP contribution in [0.3, 0.4) is 0 Å². The number of fused-ring (bicyclic) bond motifs is 5. The number of rotatable bonds is 16. The molecule has 7 N–H and O–H groups in total. The molecule has 3 aliphatic rings. The molecule has 7 rings (SSSR count). The Labute approximate surface area is 350 Å². The minimum atomic E-state index is -1.99. The molecule has 0 saturated carbocycles. The molecule has 0 fully saturated rings. The molecule has 17 nitrogen and oxygen atoms in total. The number of aliphatic hydroxyl groups is 1. The van der Waals surface area contributed by atoms with Gasteiger partial charge in [-0.05, 0) is 61.6 Å². The Bertz CT molecular complexity index is 2480. The van der Waals surface area contributed by atoms with Crippen LogP contribution < -0.4 is 32.6 Å². The Morgan fingerprint density at radius 1 is 1.07 bits per heavy atom. The molecular formula is C43H49FN8O9. The monoisotopic (exact) mass is 840 g/mol. The summed E-state index contributed by atoms with van der Waals surface area (Å²) in [6.07, 6.45) is 1.39. The second-order valence-electron chi connectivity index (χ2n) is 15.5. The van der Waals surface area contributed by atoms with Crippen LogP contribution in [0.5, 0.6) is 0 Å². The molecule has 4 heterocycles. The van der Waals surface area contributed by atoms with Crippen LogP contribution in [0.1, 0.15) is 64.8 Å². The second-order valence-corrected chi connectivity index (χ2v) is 15.5. The lowest BCUT2D eigenvalue weighted by atomic mass is 9.81. The summed E-state index contributed by atoms with van der Waals surface area (Å²) in [7, 11) is 1.94. The third-order valence-electron chi connectivity index (χ3n) is 11.8. The summed E-state index contributed by atoms with van der Waals surface area (Å²) in [4.78, 5) is 83.5. The standard InChI is InChI=1S/C43H49FN8O9/c1-4-43(59)28-15-33-39-26(20-52(33)41(57)27(28)21-61-42(43)58)38-32(11-10-25-23(2)29(44)16-30(50-39)37(25)38)51(3)12-13-60-22-48-35(54)18-47-40(56)31(14-24-8-6-5-7-9-24)49-36(55)19-46-34(53)17-45/h5-9,15-16,31-32,59H,4,10-14,17-22,45H2,1-3H3,(H,46,53)(H,47,56)(H,48,54)(H,49,55)/t31-,32-,43-/m0/s1. The van der Waals surface area contributed by atoms with Crippen LogP contribution in [-0.4, -0.2) is 102 Å². The Morgan fingerprint density at radius 3 is 2.56 bits per heavy atom. The molecule has 0 bridgehead atoms. The summed E-state index contributed by atoms with van der Waals surface area (Å²) in [5, 5.41) is 22.3. The number of likely N-dealkylation sites (N-methyl/N-ethyl adjacent to an activating group) is 1. The minimum Gasteiger partial charge on any atom is -0.458 e. The Balaban J connectivity index is 0.999. The van der Waals surface area contributed by atoms with Crippen LogP contribution in [-0.2, 0) is 65.0 Å². The van der Waals surface area contributed by atoms with Crippen molar-refractivity contribution in [1.29, 1.82) is 0 Å². The zero-order chi connectivity index (χ0) is 43.6. The van der Waals surface area contributed by atoms with E-state index in [-0.39, 0.29) is 87.5 Å². The number of nitrogens with one attached hydrogen (secondary N) is 4. The minimum absolute atomic E-state index is 0.00480. The number of pyridine rings is 2. The number of amides is 4. The van der Waals surface area contributed by atoms with Crippen LogP contribution >= 0.6 is 0 Å². The highest BCUT2D eigenvalue weighted by molar-refractivity contribution is 5.94. The first-order chi connectivity index (χ1) is 29.2. The number of aryl methyl sites for hydroxylation is 1. The van der Waals surface area contributed by atoms with E-state index in [2.05, 4.69) is 26.2 Å². The van der Waals surface area contributed by atoms with E-state index in [1.807, 2.05) is 13.1 Å². The van der Waals surface area contributed by atoms with E-state index in [1.54, 1.807) is 48.7 Å². The van der Waals surface area contributed by atoms with Crippen LogP contribution in [0.25, 0.3) is 22.3 Å². The van der Waals surface area contributed by atoms with Crippen molar-refractivity contribution < 1.29 is 42.9 Å². The van der Waals surface area contributed by atoms with Crippen molar-refractivity contribution >= 4 is 40.5 Å². The van der Waals surface area contributed by atoms with Crippen LogP contribution in [0.4, 0.5) is 4.39 Å². The summed E-state index contributed by atoms with van der Waals surface area (Å²) >= 11 is 0. The van der Waals surface area contributed by atoms with Gasteiger partial charge in [0.25, 0.3) is 5.56 Å². The number of esters is 1. The molecule has 4 amide bonds. The predicted octanol–water partition coefficient (Wildman–Crippen LogP) is 0.455. The Kier molecular flexibility index (Phi) is 12.6. The van der Waals surface area contributed by atoms with Crippen molar-refractivity contribution in [3.8, 4) is 11.4 Å². The van der Waals surface area contributed by atoms with Crippen LogP contribution in [0, 0.1) is 12.7 Å². The molecule has 1 aliphatic carbocycles. The Morgan fingerprint density at radius 2 is 1.82 bits per heavy atom. The smallest absolute Gasteiger partial charge is 0.343 e. The lowest BCUT2D eigenvalue weighted by Gasteiger charge is -2.35. The molecule has 2 aliphatic heterocycles. The van der Waals surface area contributed by atoms with Gasteiger partial charge < -0.3 is 46.1 Å². The summed E-state index contributed by atoms with van der Waals surface area (Å²) in [6.45, 7) is 2.80. The molecule has 0 radical (unpaired) electrons. The number of halogens is 1. The number of ether oxygens (including phenoxy) is 2. The normalized spacial score (nSPS) is 17.8. The molecule has 61 heavy (non-hydrogen) atoms. The van der Waals surface area contributed by atoms with Gasteiger partial charge in [0, 0.05) is 41.6 Å². The van der Waals surface area contributed by atoms with Gasteiger partial charge in [-0.15, -0.1) is 0 Å². The fraction of sp³-hybridized carbons (Fsp3) is 0.419.